The van der Waals surface area contributed by atoms with Gasteiger partial charge in [0.05, 0.1) is 6.61 Å². The second-order valence-electron chi connectivity index (χ2n) is 3.92. The fraction of sp³-hybridized carbons (Fsp3) is 1.00. The Balaban J connectivity index is 2.50. The Bertz CT molecular complexity index is 198. The predicted molar refractivity (Wildman–Crippen MR) is 54.6 cm³/mol. The van der Waals surface area contributed by atoms with Crippen molar-refractivity contribution >= 4 is 0 Å². The first-order valence-electron chi connectivity index (χ1n) is 5.54. The van der Waals surface area contributed by atoms with E-state index in [9.17, 15) is 15.3 Å². The molecule has 0 bridgehead atoms. The first-order valence-corrected chi connectivity index (χ1v) is 5.54. The zero-order chi connectivity index (χ0) is 12.1. The van der Waals surface area contributed by atoms with Crippen LogP contribution in [0.4, 0.5) is 0 Å². The molecule has 1 fully saturated rings. The number of hydrogen-bond donors (Lipinski definition) is 4. The largest absolute Gasteiger partial charge is 0.394 e. The maximum absolute atomic E-state index is 9.58. The fourth-order valence-electron chi connectivity index (χ4n) is 1.55. The zero-order valence-corrected chi connectivity index (χ0v) is 9.32. The van der Waals surface area contributed by atoms with Crippen molar-refractivity contribution in [2.24, 2.45) is 0 Å². The van der Waals surface area contributed by atoms with E-state index in [-0.39, 0.29) is 0 Å². The molecule has 1 aliphatic heterocycles. The Morgan fingerprint density at radius 3 is 2.38 bits per heavy atom. The molecule has 96 valence electrons. The lowest BCUT2D eigenvalue weighted by molar-refractivity contribution is -0.301. The van der Waals surface area contributed by atoms with Gasteiger partial charge in [-0.15, -0.1) is 0 Å². The first kappa shape index (κ1) is 13.8. The van der Waals surface area contributed by atoms with Crippen LogP contribution in [0.15, 0.2) is 0 Å². The first-order chi connectivity index (χ1) is 7.61. The molecule has 0 aliphatic carbocycles. The van der Waals surface area contributed by atoms with Gasteiger partial charge >= 0.3 is 0 Å². The maximum atomic E-state index is 9.58. The van der Waals surface area contributed by atoms with E-state index >= 15 is 0 Å². The van der Waals surface area contributed by atoms with E-state index in [1.165, 1.54) is 0 Å². The van der Waals surface area contributed by atoms with Crippen LogP contribution in [0.3, 0.4) is 0 Å². The van der Waals surface area contributed by atoms with Crippen LogP contribution in [0.2, 0.25) is 0 Å². The van der Waals surface area contributed by atoms with Crippen molar-refractivity contribution in [1.82, 2.24) is 0 Å². The molecule has 2 unspecified atom stereocenters. The van der Waals surface area contributed by atoms with E-state index in [0.717, 1.165) is 12.8 Å². The molecule has 1 rings (SSSR count). The van der Waals surface area contributed by atoms with Crippen molar-refractivity contribution < 1.29 is 29.9 Å². The summed E-state index contributed by atoms with van der Waals surface area (Å²) < 4.78 is 10.4. The van der Waals surface area contributed by atoms with Crippen LogP contribution >= 0.6 is 0 Å². The molecule has 0 saturated carbocycles. The lowest BCUT2D eigenvalue weighted by Gasteiger charge is -2.39. The van der Waals surface area contributed by atoms with Gasteiger partial charge in [0.2, 0.25) is 0 Å². The van der Waals surface area contributed by atoms with Crippen LogP contribution in [-0.4, -0.2) is 64.3 Å². The SMILES string of the molecule is CCCCO[C@@H]1OC(CO)[C@H](O)[C@H](O)C1O. The summed E-state index contributed by atoms with van der Waals surface area (Å²) in [6.07, 6.45) is -4.13. The van der Waals surface area contributed by atoms with Crippen LogP contribution in [0.1, 0.15) is 19.8 Å². The molecule has 1 heterocycles. The predicted octanol–water partition coefficient (Wildman–Crippen LogP) is -1.40. The van der Waals surface area contributed by atoms with Gasteiger partial charge in [0.15, 0.2) is 6.29 Å². The third-order valence-corrected chi connectivity index (χ3v) is 2.63. The van der Waals surface area contributed by atoms with E-state index in [4.69, 9.17) is 14.6 Å². The smallest absolute Gasteiger partial charge is 0.186 e. The number of rotatable bonds is 5. The molecule has 6 heteroatoms. The number of hydrogen-bond acceptors (Lipinski definition) is 6. The molecular formula is C10H20O6. The van der Waals surface area contributed by atoms with E-state index in [1.54, 1.807) is 0 Å². The highest BCUT2D eigenvalue weighted by Crippen LogP contribution is 2.21. The van der Waals surface area contributed by atoms with E-state index in [2.05, 4.69) is 0 Å². The fourth-order valence-corrected chi connectivity index (χ4v) is 1.55. The molecule has 6 nitrogen and oxygen atoms in total. The summed E-state index contributed by atoms with van der Waals surface area (Å²) in [5, 5.41) is 37.5. The van der Waals surface area contributed by atoms with E-state index in [1.807, 2.05) is 6.92 Å². The van der Waals surface area contributed by atoms with Gasteiger partial charge < -0.3 is 29.9 Å². The maximum Gasteiger partial charge on any atom is 0.186 e. The molecule has 1 aliphatic rings. The summed E-state index contributed by atoms with van der Waals surface area (Å²) >= 11 is 0. The van der Waals surface area contributed by atoms with Gasteiger partial charge in [-0.3, -0.25) is 0 Å². The monoisotopic (exact) mass is 236 g/mol. The minimum Gasteiger partial charge on any atom is -0.394 e. The van der Waals surface area contributed by atoms with Crippen LogP contribution in [0.5, 0.6) is 0 Å². The standard InChI is InChI=1S/C10H20O6/c1-2-3-4-15-10-9(14)8(13)7(12)6(5-11)16-10/h6-14H,2-5H2,1H3/t6?,7-,8-,9?,10+/m0/s1. The van der Waals surface area contributed by atoms with Gasteiger partial charge in [-0.25, -0.2) is 0 Å². The van der Waals surface area contributed by atoms with Crippen molar-refractivity contribution in [3.05, 3.63) is 0 Å². The molecule has 16 heavy (non-hydrogen) atoms. The molecule has 0 radical (unpaired) electrons. The topological polar surface area (TPSA) is 99.4 Å². The Hall–Kier alpha value is -0.240. The van der Waals surface area contributed by atoms with Gasteiger partial charge in [-0.1, -0.05) is 13.3 Å². The van der Waals surface area contributed by atoms with Crippen LogP contribution in [-0.2, 0) is 9.47 Å². The van der Waals surface area contributed by atoms with Crippen molar-refractivity contribution in [2.45, 2.75) is 50.5 Å². The molecule has 0 spiro atoms. The van der Waals surface area contributed by atoms with Crippen LogP contribution < -0.4 is 0 Å². The molecule has 0 aromatic carbocycles. The highest BCUT2D eigenvalue weighted by atomic mass is 16.7. The molecule has 4 N–H and O–H groups in total. The summed E-state index contributed by atoms with van der Waals surface area (Å²) in [4.78, 5) is 0. The van der Waals surface area contributed by atoms with Gasteiger partial charge in [-0.05, 0) is 6.42 Å². The van der Waals surface area contributed by atoms with Crippen molar-refractivity contribution in [1.29, 1.82) is 0 Å². The number of aliphatic hydroxyl groups is 4. The van der Waals surface area contributed by atoms with Crippen LogP contribution in [0.25, 0.3) is 0 Å². The van der Waals surface area contributed by atoms with E-state index < -0.39 is 37.3 Å². The van der Waals surface area contributed by atoms with Gasteiger partial charge in [-0.2, -0.15) is 0 Å². The average molecular weight is 236 g/mol. The van der Waals surface area contributed by atoms with Gasteiger partial charge in [0.1, 0.15) is 24.4 Å². The van der Waals surface area contributed by atoms with Crippen LogP contribution in [0, 0.1) is 0 Å². The minimum absolute atomic E-state index is 0.402. The average Bonchev–Trinajstić information content (AvgIpc) is 2.29. The Morgan fingerprint density at radius 1 is 1.12 bits per heavy atom. The molecular weight excluding hydrogens is 216 g/mol. The second-order valence-corrected chi connectivity index (χ2v) is 3.92. The highest BCUT2D eigenvalue weighted by Gasteiger charge is 2.43. The lowest BCUT2D eigenvalue weighted by atomic mass is 9.99. The van der Waals surface area contributed by atoms with Crippen molar-refractivity contribution in [3.63, 3.8) is 0 Å². The Labute approximate surface area is 94.4 Å². The van der Waals surface area contributed by atoms with Gasteiger partial charge in [0.25, 0.3) is 0 Å². The molecule has 0 aromatic rings. The second kappa shape index (κ2) is 6.48. The highest BCUT2D eigenvalue weighted by molar-refractivity contribution is 4.88. The Kier molecular flexibility index (Phi) is 5.60. The van der Waals surface area contributed by atoms with Crippen molar-refractivity contribution in [3.8, 4) is 0 Å². The minimum atomic E-state index is -1.36. The molecule has 1 saturated heterocycles. The summed E-state index contributed by atoms with van der Waals surface area (Å²) in [5.74, 6) is 0. The third kappa shape index (κ3) is 3.13. The lowest BCUT2D eigenvalue weighted by Crippen LogP contribution is -2.59. The Morgan fingerprint density at radius 2 is 1.81 bits per heavy atom. The van der Waals surface area contributed by atoms with Crippen molar-refractivity contribution in [2.75, 3.05) is 13.2 Å². The quantitative estimate of drug-likeness (QED) is 0.438. The summed E-state index contributed by atoms with van der Waals surface area (Å²) in [6.45, 7) is 1.97. The summed E-state index contributed by atoms with van der Waals surface area (Å²) in [5.41, 5.74) is 0. The summed E-state index contributed by atoms with van der Waals surface area (Å²) in [7, 11) is 0. The molecule has 0 amide bonds. The summed E-state index contributed by atoms with van der Waals surface area (Å²) in [6, 6.07) is 0. The third-order valence-electron chi connectivity index (χ3n) is 2.63. The number of unbranched alkanes of at least 4 members (excludes halogenated alkanes) is 1. The zero-order valence-electron chi connectivity index (χ0n) is 9.32. The normalized spacial score (nSPS) is 39.9. The number of aliphatic hydroxyl groups excluding tert-OH is 4. The van der Waals surface area contributed by atoms with Gasteiger partial charge in [0, 0.05) is 6.61 Å². The van der Waals surface area contributed by atoms with E-state index in [0.29, 0.717) is 6.61 Å². The molecule has 0 aromatic heterocycles. The number of ether oxygens (including phenoxy) is 2. The molecule has 5 atom stereocenters.